The molecule has 1 aromatic carbocycles. The van der Waals surface area contributed by atoms with Gasteiger partial charge in [-0.3, -0.25) is 0 Å². The Labute approximate surface area is 80.6 Å². The van der Waals surface area contributed by atoms with Gasteiger partial charge in [-0.2, -0.15) is 0 Å². The van der Waals surface area contributed by atoms with Crippen LogP contribution in [-0.2, 0) is 0 Å². The van der Waals surface area contributed by atoms with E-state index in [0.717, 1.165) is 6.54 Å². The highest BCUT2D eigenvalue weighted by Gasteiger charge is 1.87. The molecule has 0 heterocycles. The van der Waals surface area contributed by atoms with Crippen LogP contribution < -0.4 is 5.32 Å². The van der Waals surface area contributed by atoms with Gasteiger partial charge < -0.3 is 10.4 Å². The van der Waals surface area contributed by atoms with E-state index < -0.39 is 0 Å². The van der Waals surface area contributed by atoms with Crippen LogP contribution in [0.1, 0.15) is 19.4 Å². The van der Waals surface area contributed by atoms with Crippen molar-refractivity contribution in [3.05, 3.63) is 29.8 Å². The molecule has 0 aliphatic heterocycles. The Bertz CT molecular complexity index is 223. The fourth-order valence-corrected chi connectivity index (χ4v) is 0.959. The van der Waals surface area contributed by atoms with E-state index in [0.29, 0.717) is 0 Å². The summed E-state index contributed by atoms with van der Waals surface area (Å²) >= 11 is 0. The molecule has 0 radical (unpaired) electrons. The molecular weight excluding hydrogens is 162 g/mol. The number of rotatable bonds is 2. The van der Waals surface area contributed by atoms with Crippen molar-refractivity contribution in [1.82, 2.24) is 0 Å². The smallest absolute Gasteiger partial charge is 0.0402 e. The van der Waals surface area contributed by atoms with Crippen molar-refractivity contribution in [1.29, 1.82) is 0 Å². The Kier molecular flexibility index (Phi) is 7.02. The SMILES string of the molecule is CCNc1cccc(C)c1.CCO. The van der Waals surface area contributed by atoms with E-state index in [1.165, 1.54) is 11.3 Å². The highest BCUT2D eigenvalue weighted by atomic mass is 16.2. The quantitative estimate of drug-likeness (QED) is 0.734. The molecule has 1 rings (SSSR count). The lowest BCUT2D eigenvalue weighted by Gasteiger charge is -2.02. The number of aliphatic hydroxyl groups excluding tert-OH is 1. The molecule has 2 nitrogen and oxygen atoms in total. The summed E-state index contributed by atoms with van der Waals surface area (Å²) in [5.74, 6) is 0. The average molecular weight is 181 g/mol. The summed E-state index contributed by atoms with van der Waals surface area (Å²) in [6.45, 7) is 7.12. The summed E-state index contributed by atoms with van der Waals surface area (Å²) in [6.07, 6.45) is 0. The number of anilines is 1. The second-order valence-electron chi connectivity index (χ2n) is 2.72. The first kappa shape index (κ1) is 12.0. The predicted octanol–water partition coefficient (Wildman–Crippen LogP) is 2.43. The lowest BCUT2D eigenvalue weighted by atomic mass is 10.2. The number of aryl methyl sites for hydroxylation is 1. The van der Waals surface area contributed by atoms with Crippen molar-refractivity contribution in [2.45, 2.75) is 20.8 Å². The highest BCUT2D eigenvalue weighted by molar-refractivity contribution is 5.45. The van der Waals surface area contributed by atoms with Crippen molar-refractivity contribution < 1.29 is 5.11 Å². The first-order valence-electron chi connectivity index (χ1n) is 4.66. The third kappa shape index (κ3) is 6.17. The Balaban J connectivity index is 0.000000424. The molecule has 0 spiro atoms. The topological polar surface area (TPSA) is 32.3 Å². The molecule has 1 aromatic rings. The van der Waals surface area contributed by atoms with E-state index in [-0.39, 0.29) is 6.61 Å². The second kappa shape index (κ2) is 7.62. The van der Waals surface area contributed by atoms with Gasteiger partial charge in [0.25, 0.3) is 0 Å². The zero-order chi connectivity index (χ0) is 10.1. The van der Waals surface area contributed by atoms with Gasteiger partial charge in [-0.05, 0) is 38.5 Å². The molecule has 2 heteroatoms. The summed E-state index contributed by atoms with van der Waals surface area (Å²) < 4.78 is 0. The van der Waals surface area contributed by atoms with Gasteiger partial charge in [0, 0.05) is 18.8 Å². The van der Waals surface area contributed by atoms with Crippen LogP contribution in [0, 0.1) is 6.92 Å². The first-order chi connectivity index (χ1) is 6.24. The van der Waals surface area contributed by atoms with Crippen LogP contribution >= 0.6 is 0 Å². The van der Waals surface area contributed by atoms with Gasteiger partial charge in [0.15, 0.2) is 0 Å². The largest absolute Gasteiger partial charge is 0.397 e. The molecule has 0 saturated heterocycles. The maximum atomic E-state index is 7.57. The Morgan fingerprint density at radius 2 is 1.92 bits per heavy atom. The van der Waals surface area contributed by atoms with Crippen molar-refractivity contribution in [2.24, 2.45) is 0 Å². The van der Waals surface area contributed by atoms with E-state index in [1.54, 1.807) is 6.92 Å². The number of hydrogen-bond acceptors (Lipinski definition) is 2. The number of hydrogen-bond donors (Lipinski definition) is 2. The molecule has 0 saturated carbocycles. The minimum atomic E-state index is 0.250. The summed E-state index contributed by atoms with van der Waals surface area (Å²) in [4.78, 5) is 0. The zero-order valence-corrected chi connectivity index (χ0v) is 8.67. The van der Waals surface area contributed by atoms with Crippen LogP contribution in [0.4, 0.5) is 5.69 Å². The third-order valence-electron chi connectivity index (χ3n) is 1.40. The number of nitrogens with one attached hydrogen (secondary N) is 1. The first-order valence-corrected chi connectivity index (χ1v) is 4.66. The maximum absolute atomic E-state index is 7.57. The van der Waals surface area contributed by atoms with Gasteiger partial charge >= 0.3 is 0 Å². The molecule has 0 amide bonds. The highest BCUT2D eigenvalue weighted by Crippen LogP contribution is 2.08. The summed E-state index contributed by atoms with van der Waals surface area (Å²) in [5, 5.41) is 10.8. The molecule has 0 unspecified atom stereocenters. The third-order valence-corrected chi connectivity index (χ3v) is 1.40. The van der Waals surface area contributed by atoms with Crippen molar-refractivity contribution in [3.63, 3.8) is 0 Å². The monoisotopic (exact) mass is 181 g/mol. The average Bonchev–Trinajstić information content (AvgIpc) is 2.06. The zero-order valence-electron chi connectivity index (χ0n) is 8.67. The lowest BCUT2D eigenvalue weighted by Crippen LogP contribution is -1.95. The summed E-state index contributed by atoms with van der Waals surface area (Å²) in [5.41, 5.74) is 2.51. The molecule has 0 fully saturated rings. The normalized spacial score (nSPS) is 8.62. The maximum Gasteiger partial charge on any atom is 0.0402 e. The van der Waals surface area contributed by atoms with E-state index in [2.05, 4.69) is 43.4 Å². The molecule has 74 valence electrons. The van der Waals surface area contributed by atoms with E-state index in [9.17, 15) is 0 Å². The fourth-order valence-electron chi connectivity index (χ4n) is 0.959. The lowest BCUT2D eigenvalue weighted by molar-refractivity contribution is 0.318. The van der Waals surface area contributed by atoms with Gasteiger partial charge in [0.1, 0.15) is 0 Å². The van der Waals surface area contributed by atoms with Crippen LogP contribution in [0.3, 0.4) is 0 Å². The van der Waals surface area contributed by atoms with Crippen molar-refractivity contribution >= 4 is 5.69 Å². The molecule has 0 aliphatic rings. The molecule has 0 aromatic heterocycles. The van der Waals surface area contributed by atoms with Crippen LogP contribution in [0.15, 0.2) is 24.3 Å². The molecule has 2 N–H and O–H groups in total. The van der Waals surface area contributed by atoms with E-state index >= 15 is 0 Å². The van der Waals surface area contributed by atoms with Gasteiger partial charge in [0.2, 0.25) is 0 Å². The summed E-state index contributed by atoms with van der Waals surface area (Å²) in [7, 11) is 0. The predicted molar refractivity (Wildman–Crippen MR) is 58.1 cm³/mol. The van der Waals surface area contributed by atoms with Crippen LogP contribution in [-0.4, -0.2) is 18.3 Å². The Hall–Kier alpha value is -1.02. The number of benzene rings is 1. The van der Waals surface area contributed by atoms with Crippen LogP contribution in [0.25, 0.3) is 0 Å². The van der Waals surface area contributed by atoms with Gasteiger partial charge in [0.05, 0.1) is 0 Å². The molecule has 0 aliphatic carbocycles. The van der Waals surface area contributed by atoms with Crippen LogP contribution in [0.2, 0.25) is 0 Å². The van der Waals surface area contributed by atoms with Gasteiger partial charge in [-0.25, -0.2) is 0 Å². The van der Waals surface area contributed by atoms with Crippen molar-refractivity contribution in [3.8, 4) is 0 Å². The van der Waals surface area contributed by atoms with E-state index in [4.69, 9.17) is 5.11 Å². The minimum Gasteiger partial charge on any atom is -0.397 e. The Morgan fingerprint density at radius 3 is 2.38 bits per heavy atom. The molecule has 0 atom stereocenters. The number of aliphatic hydroxyl groups is 1. The molecule has 0 bridgehead atoms. The second-order valence-corrected chi connectivity index (χ2v) is 2.72. The molecule has 13 heavy (non-hydrogen) atoms. The van der Waals surface area contributed by atoms with Gasteiger partial charge in [-0.1, -0.05) is 12.1 Å². The standard InChI is InChI=1S/C9H13N.C2H6O/c1-3-10-9-6-4-5-8(2)7-9;1-2-3/h4-7,10H,3H2,1-2H3;3H,2H2,1H3. The van der Waals surface area contributed by atoms with Crippen LogP contribution in [0.5, 0.6) is 0 Å². The minimum absolute atomic E-state index is 0.250. The Morgan fingerprint density at radius 1 is 1.31 bits per heavy atom. The molecular formula is C11H19NO. The van der Waals surface area contributed by atoms with Crippen molar-refractivity contribution in [2.75, 3.05) is 18.5 Å². The van der Waals surface area contributed by atoms with Gasteiger partial charge in [-0.15, -0.1) is 0 Å². The van der Waals surface area contributed by atoms with E-state index in [1.807, 2.05) is 0 Å². The fraction of sp³-hybridized carbons (Fsp3) is 0.455. The summed E-state index contributed by atoms with van der Waals surface area (Å²) in [6, 6.07) is 8.38.